The van der Waals surface area contributed by atoms with Crippen LogP contribution in [0.5, 0.6) is 0 Å². The van der Waals surface area contributed by atoms with E-state index >= 15 is 0 Å². The smallest absolute Gasteiger partial charge is 0.294 e. The molecule has 1 heterocycles. The van der Waals surface area contributed by atoms with E-state index in [2.05, 4.69) is 4.98 Å². The highest BCUT2D eigenvalue weighted by Crippen LogP contribution is 2.35. The average Bonchev–Trinajstić information content (AvgIpc) is 3.11. The first-order valence-electron chi connectivity index (χ1n) is 9.01. The van der Waals surface area contributed by atoms with Crippen molar-refractivity contribution in [3.05, 3.63) is 76.3 Å². The van der Waals surface area contributed by atoms with Crippen LogP contribution in [0.25, 0.3) is 10.6 Å². The predicted molar refractivity (Wildman–Crippen MR) is 106 cm³/mol. The molecule has 146 valence electrons. The Hall–Kier alpha value is -2.47. The number of thiazole rings is 1. The molecule has 0 bridgehead atoms. The molecule has 0 N–H and O–H groups in total. The van der Waals surface area contributed by atoms with Crippen LogP contribution in [0, 0.1) is 0 Å². The van der Waals surface area contributed by atoms with E-state index in [1.54, 1.807) is 12.1 Å². The van der Waals surface area contributed by atoms with Gasteiger partial charge in [-0.1, -0.05) is 56.3 Å². The molecule has 2 nitrogen and oxygen atoms in total. The molecule has 0 spiro atoms. The van der Waals surface area contributed by atoms with E-state index in [1.165, 1.54) is 23.5 Å². The van der Waals surface area contributed by atoms with E-state index in [0.29, 0.717) is 29.0 Å². The molecule has 0 saturated heterocycles. The second kappa shape index (κ2) is 8.27. The fourth-order valence-electron chi connectivity index (χ4n) is 2.91. The highest BCUT2D eigenvalue weighted by molar-refractivity contribution is 7.15. The first kappa shape index (κ1) is 20.3. The summed E-state index contributed by atoms with van der Waals surface area (Å²) < 4.78 is 38.3. The van der Waals surface area contributed by atoms with Crippen molar-refractivity contribution in [1.82, 2.24) is 4.98 Å². The first-order chi connectivity index (χ1) is 13.3. The van der Waals surface area contributed by atoms with Gasteiger partial charge in [0, 0.05) is 22.4 Å². The van der Waals surface area contributed by atoms with Gasteiger partial charge in [0.05, 0.1) is 11.3 Å². The maximum Gasteiger partial charge on any atom is 0.416 e. The fraction of sp³-hybridized carbons (Fsp3) is 0.273. The zero-order valence-corrected chi connectivity index (χ0v) is 16.4. The van der Waals surface area contributed by atoms with Gasteiger partial charge >= 0.3 is 6.18 Å². The number of carbonyl (C=O) groups excluding carboxylic acids is 1. The van der Waals surface area contributed by atoms with Gasteiger partial charge in [-0.25, -0.2) is 4.98 Å². The van der Waals surface area contributed by atoms with Crippen LogP contribution in [0.4, 0.5) is 13.2 Å². The molecule has 3 aromatic rings. The summed E-state index contributed by atoms with van der Waals surface area (Å²) in [7, 11) is 0. The molecule has 0 atom stereocenters. The summed E-state index contributed by atoms with van der Waals surface area (Å²) in [6.45, 7) is 4.04. The van der Waals surface area contributed by atoms with E-state index in [9.17, 15) is 18.0 Å². The van der Waals surface area contributed by atoms with Crippen LogP contribution in [0.1, 0.15) is 52.7 Å². The number of halogens is 3. The summed E-state index contributed by atoms with van der Waals surface area (Å²) in [5, 5.41) is 0.680. The summed E-state index contributed by atoms with van der Waals surface area (Å²) in [5.74, 6) is 0.237. The average molecular weight is 403 g/mol. The first-order valence-corrected chi connectivity index (χ1v) is 9.83. The lowest BCUT2D eigenvalue weighted by molar-refractivity contribution is -0.137. The van der Waals surface area contributed by atoms with Crippen LogP contribution in [-0.4, -0.2) is 10.8 Å². The van der Waals surface area contributed by atoms with Crippen LogP contribution in [0.3, 0.4) is 0 Å². The molecule has 6 heteroatoms. The molecule has 2 aromatic carbocycles. The van der Waals surface area contributed by atoms with Crippen LogP contribution in [0.15, 0.2) is 54.6 Å². The topological polar surface area (TPSA) is 30.0 Å². The predicted octanol–water partition coefficient (Wildman–Crippen LogP) is 6.77. The van der Waals surface area contributed by atoms with Crippen molar-refractivity contribution in [2.45, 2.75) is 38.8 Å². The maximum absolute atomic E-state index is 12.8. The Morgan fingerprint density at radius 2 is 1.68 bits per heavy atom. The molecular weight excluding hydrogens is 383 g/mol. The van der Waals surface area contributed by atoms with Gasteiger partial charge in [0.1, 0.15) is 5.01 Å². The van der Waals surface area contributed by atoms with Crippen LogP contribution >= 0.6 is 11.3 Å². The van der Waals surface area contributed by atoms with Crippen molar-refractivity contribution in [3.8, 4) is 10.6 Å². The van der Waals surface area contributed by atoms with Gasteiger partial charge in [0.15, 0.2) is 5.78 Å². The summed E-state index contributed by atoms with van der Waals surface area (Å²) in [6, 6.07) is 14.2. The quantitative estimate of drug-likeness (QED) is 0.425. The fourth-order valence-corrected chi connectivity index (χ4v) is 4.14. The van der Waals surface area contributed by atoms with Gasteiger partial charge in [-0.05, 0) is 24.5 Å². The third-order valence-electron chi connectivity index (χ3n) is 4.41. The molecule has 3 rings (SSSR count). The van der Waals surface area contributed by atoms with Gasteiger partial charge in [-0.3, -0.25) is 4.79 Å². The summed E-state index contributed by atoms with van der Waals surface area (Å²) in [6.07, 6.45) is -3.41. The minimum atomic E-state index is -4.35. The molecule has 0 fully saturated rings. The van der Waals surface area contributed by atoms with Crippen molar-refractivity contribution in [1.29, 1.82) is 0 Å². The van der Waals surface area contributed by atoms with Crippen molar-refractivity contribution in [2.75, 3.05) is 0 Å². The Balaban J connectivity index is 1.81. The van der Waals surface area contributed by atoms with E-state index < -0.39 is 11.7 Å². The number of benzene rings is 2. The van der Waals surface area contributed by atoms with Gasteiger partial charge in [-0.2, -0.15) is 13.2 Å². The van der Waals surface area contributed by atoms with E-state index in [4.69, 9.17) is 0 Å². The molecule has 28 heavy (non-hydrogen) atoms. The number of carbonyl (C=O) groups is 1. The zero-order valence-electron chi connectivity index (χ0n) is 15.6. The van der Waals surface area contributed by atoms with Gasteiger partial charge in [-0.15, -0.1) is 11.3 Å². The number of rotatable bonds is 6. The lowest BCUT2D eigenvalue weighted by Crippen LogP contribution is -2.03. The molecule has 1 aromatic heterocycles. The van der Waals surface area contributed by atoms with Crippen LogP contribution in [-0.2, 0) is 12.6 Å². The van der Waals surface area contributed by atoms with Crippen LogP contribution < -0.4 is 0 Å². The number of ketones is 1. The Morgan fingerprint density at radius 1 is 1.04 bits per heavy atom. The minimum Gasteiger partial charge on any atom is -0.294 e. The number of alkyl halides is 3. The molecule has 0 amide bonds. The van der Waals surface area contributed by atoms with E-state index in [0.717, 1.165) is 22.7 Å². The number of Topliss-reactive ketones (excluding diaryl/α,β-unsaturated/α-hetero) is 1. The third kappa shape index (κ3) is 4.68. The Morgan fingerprint density at radius 3 is 2.25 bits per heavy atom. The summed E-state index contributed by atoms with van der Waals surface area (Å²) >= 11 is 1.45. The normalized spacial score (nSPS) is 11.8. The molecule has 0 aliphatic carbocycles. The minimum absolute atomic E-state index is 0.0692. The number of hydrogen-bond acceptors (Lipinski definition) is 3. The van der Waals surface area contributed by atoms with Crippen molar-refractivity contribution < 1.29 is 18.0 Å². The second-order valence-electron chi connectivity index (χ2n) is 6.85. The summed E-state index contributed by atoms with van der Waals surface area (Å²) in [5.41, 5.74) is 1.56. The van der Waals surface area contributed by atoms with Crippen molar-refractivity contribution in [2.24, 2.45) is 0 Å². The Labute approximate surface area is 166 Å². The third-order valence-corrected chi connectivity index (χ3v) is 5.59. The standard InChI is InChI=1S/C22H20F3NOS/c1-14(2)20-19(13-12-18(27)15-6-4-3-5-7-15)28-21(26-20)16-8-10-17(11-9-16)22(23,24)25/h3-11,14H,12-13H2,1-2H3. The molecule has 0 aliphatic heterocycles. The zero-order chi connectivity index (χ0) is 20.3. The molecule has 0 saturated carbocycles. The van der Waals surface area contributed by atoms with E-state index in [1.807, 2.05) is 32.0 Å². The number of hydrogen-bond donors (Lipinski definition) is 0. The van der Waals surface area contributed by atoms with Gasteiger partial charge < -0.3 is 0 Å². The molecule has 0 unspecified atom stereocenters. The van der Waals surface area contributed by atoms with Gasteiger partial charge in [0.25, 0.3) is 0 Å². The highest BCUT2D eigenvalue weighted by Gasteiger charge is 2.30. The lowest BCUT2D eigenvalue weighted by atomic mass is 10.0. The van der Waals surface area contributed by atoms with Crippen molar-refractivity contribution >= 4 is 17.1 Å². The number of nitrogens with zero attached hydrogens (tertiary/aromatic N) is 1. The molecule has 0 aliphatic rings. The number of aromatic nitrogens is 1. The Bertz CT molecular complexity index is 944. The molecule has 0 radical (unpaired) electrons. The van der Waals surface area contributed by atoms with E-state index in [-0.39, 0.29) is 11.7 Å². The SMILES string of the molecule is CC(C)c1nc(-c2ccc(C(F)(F)F)cc2)sc1CCC(=O)c1ccccc1. The second-order valence-corrected chi connectivity index (χ2v) is 7.93. The molecular formula is C22H20F3NOS. The lowest BCUT2D eigenvalue weighted by Gasteiger charge is -2.06. The summed E-state index contributed by atoms with van der Waals surface area (Å²) in [4.78, 5) is 18.0. The Kier molecular flexibility index (Phi) is 5.98. The maximum atomic E-state index is 12.8. The monoisotopic (exact) mass is 403 g/mol. The highest BCUT2D eigenvalue weighted by atomic mass is 32.1. The number of aryl methyl sites for hydroxylation is 1. The van der Waals surface area contributed by atoms with Crippen molar-refractivity contribution in [3.63, 3.8) is 0 Å². The van der Waals surface area contributed by atoms with Gasteiger partial charge in [0.2, 0.25) is 0 Å². The van der Waals surface area contributed by atoms with Crippen LogP contribution in [0.2, 0.25) is 0 Å². The largest absolute Gasteiger partial charge is 0.416 e.